The number of ether oxygens (including phenoxy) is 1. The van der Waals surface area contributed by atoms with Gasteiger partial charge in [-0.15, -0.1) is 0 Å². The molecule has 0 saturated heterocycles. The zero-order valence-electron chi connectivity index (χ0n) is 27.8. The van der Waals surface area contributed by atoms with E-state index in [0.717, 1.165) is 39.4 Å². The lowest BCUT2D eigenvalue weighted by atomic mass is 9.93. The second kappa shape index (κ2) is 15.5. The van der Waals surface area contributed by atoms with E-state index in [1.165, 1.54) is 0 Å². The van der Waals surface area contributed by atoms with Crippen molar-refractivity contribution in [3.8, 4) is 5.75 Å². The van der Waals surface area contributed by atoms with Crippen LogP contribution >= 0.6 is 0 Å². The molecule has 0 radical (unpaired) electrons. The summed E-state index contributed by atoms with van der Waals surface area (Å²) in [5, 5.41) is 3.21. The molecular weight excluding hydrogens is 560 g/mol. The molecule has 4 rings (SSSR count). The van der Waals surface area contributed by atoms with Crippen LogP contribution in [0.3, 0.4) is 0 Å². The Morgan fingerprint density at radius 2 is 1.42 bits per heavy atom. The number of nitrogens with zero attached hydrogens (tertiary/aromatic N) is 3. The first-order valence-corrected chi connectivity index (χ1v) is 15.9. The molecule has 0 atom stereocenters. The number of anilines is 1. The van der Waals surface area contributed by atoms with Crippen LogP contribution in [0.4, 0.5) is 10.5 Å². The van der Waals surface area contributed by atoms with Gasteiger partial charge in [-0.1, -0.05) is 88.4 Å². The molecule has 0 aliphatic heterocycles. The maximum atomic E-state index is 14.1. The molecule has 0 saturated carbocycles. The first-order valence-electron chi connectivity index (χ1n) is 15.9. The minimum Gasteiger partial charge on any atom is -0.497 e. The van der Waals surface area contributed by atoms with Gasteiger partial charge in [-0.05, 0) is 72.2 Å². The van der Waals surface area contributed by atoms with Gasteiger partial charge in [0, 0.05) is 36.7 Å². The fourth-order valence-electron chi connectivity index (χ4n) is 5.56. The smallest absolute Gasteiger partial charge is 0.322 e. The Labute approximate surface area is 268 Å². The molecule has 238 valence electrons. The number of hydrogen-bond donors (Lipinski definition) is 1. The van der Waals surface area contributed by atoms with Crippen LogP contribution < -0.4 is 10.1 Å². The summed E-state index contributed by atoms with van der Waals surface area (Å²) in [6.45, 7) is 13.9. The van der Waals surface area contributed by atoms with Gasteiger partial charge >= 0.3 is 6.03 Å². The van der Waals surface area contributed by atoms with E-state index in [1.54, 1.807) is 12.0 Å². The fourth-order valence-corrected chi connectivity index (χ4v) is 5.56. The van der Waals surface area contributed by atoms with Crippen LogP contribution in [0.2, 0.25) is 0 Å². The van der Waals surface area contributed by atoms with Crippen LogP contribution in [0.15, 0.2) is 91.1 Å². The second-order valence-electron chi connectivity index (χ2n) is 12.5. The number of carbonyl (C=O) groups is 2. The Kier molecular flexibility index (Phi) is 11.5. The first-order chi connectivity index (χ1) is 21.6. The summed E-state index contributed by atoms with van der Waals surface area (Å²) in [4.78, 5) is 31.5. The summed E-state index contributed by atoms with van der Waals surface area (Å²) in [7, 11) is 1.67. The molecule has 0 aliphatic carbocycles. The average molecular weight is 609 g/mol. The molecule has 45 heavy (non-hydrogen) atoms. The van der Waals surface area contributed by atoms with E-state index in [9.17, 15) is 9.59 Å². The van der Waals surface area contributed by atoms with E-state index in [0.29, 0.717) is 19.6 Å². The molecule has 7 heteroatoms. The minimum atomic E-state index is -0.269. The van der Waals surface area contributed by atoms with Gasteiger partial charge in [-0.3, -0.25) is 4.79 Å². The Morgan fingerprint density at radius 1 is 0.778 bits per heavy atom. The Morgan fingerprint density at radius 3 is 2.04 bits per heavy atom. The van der Waals surface area contributed by atoms with E-state index in [2.05, 4.69) is 67.9 Å². The monoisotopic (exact) mass is 608 g/mol. The Hall–Kier alpha value is -4.52. The van der Waals surface area contributed by atoms with Gasteiger partial charge < -0.3 is 24.4 Å². The predicted molar refractivity (Wildman–Crippen MR) is 183 cm³/mol. The number of carbonyl (C=O) groups excluding carboxylic acids is 2. The van der Waals surface area contributed by atoms with E-state index in [1.807, 2.05) is 79.5 Å². The lowest BCUT2D eigenvalue weighted by Gasteiger charge is -2.31. The van der Waals surface area contributed by atoms with Crippen molar-refractivity contribution in [3.05, 3.63) is 119 Å². The first kappa shape index (κ1) is 33.4. The SMILES string of the molecule is COc1cccc(Cn2cccc2CN(Cc2ccccc2)C(=O)CN(C(=O)Nc2c(C(C)C)cccc2C(C)C)C(C)C)c1. The normalized spacial score (nSPS) is 11.2. The second-order valence-corrected chi connectivity index (χ2v) is 12.5. The van der Waals surface area contributed by atoms with Gasteiger partial charge in [0.25, 0.3) is 0 Å². The molecule has 1 aromatic heterocycles. The van der Waals surface area contributed by atoms with Crippen molar-refractivity contribution in [2.75, 3.05) is 19.0 Å². The van der Waals surface area contributed by atoms with Crippen LogP contribution in [0.5, 0.6) is 5.75 Å². The largest absolute Gasteiger partial charge is 0.497 e. The number of amides is 3. The van der Waals surface area contributed by atoms with Gasteiger partial charge in [0.15, 0.2) is 0 Å². The summed E-state index contributed by atoms with van der Waals surface area (Å²) < 4.78 is 7.57. The van der Waals surface area contributed by atoms with Crippen molar-refractivity contribution in [1.29, 1.82) is 0 Å². The topological polar surface area (TPSA) is 66.8 Å². The van der Waals surface area contributed by atoms with Crippen molar-refractivity contribution >= 4 is 17.6 Å². The van der Waals surface area contributed by atoms with Gasteiger partial charge in [0.1, 0.15) is 12.3 Å². The highest BCUT2D eigenvalue weighted by Gasteiger charge is 2.26. The maximum Gasteiger partial charge on any atom is 0.322 e. The van der Waals surface area contributed by atoms with Crippen molar-refractivity contribution in [3.63, 3.8) is 0 Å². The van der Waals surface area contributed by atoms with Crippen LogP contribution in [0.25, 0.3) is 0 Å². The number of rotatable bonds is 13. The lowest BCUT2D eigenvalue weighted by Crippen LogP contribution is -2.47. The number of urea groups is 1. The maximum absolute atomic E-state index is 14.1. The molecule has 0 unspecified atom stereocenters. The third-order valence-electron chi connectivity index (χ3n) is 8.13. The summed E-state index contributed by atoms with van der Waals surface area (Å²) in [5.41, 5.74) is 6.18. The molecule has 1 N–H and O–H groups in total. The highest BCUT2D eigenvalue weighted by atomic mass is 16.5. The highest BCUT2D eigenvalue weighted by molar-refractivity contribution is 5.94. The van der Waals surface area contributed by atoms with Crippen molar-refractivity contribution in [2.45, 2.75) is 79.1 Å². The van der Waals surface area contributed by atoms with Crippen molar-refractivity contribution < 1.29 is 14.3 Å². The van der Waals surface area contributed by atoms with Crippen molar-refractivity contribution in [2.24, 2.45) is 0 Å². The summed E-state index contributed by atoms with van der Waals surface area (Å²) in [6, 6.07) is 27.8. The number of benzene rings is 3. The molecule has 1 heterocycles. The molecule has 3 aromatic carbocycles. The van der Waals surface area contributed by atoms with E-state index in [4.69, 9.17) is 4.74 Å². The van der Waals surface area contributed by atoms with E-state index in [-0.39, 0.29) is 36.4 Å². The van der Waals surface area contributed by atoms with Gasteiger partial charge in [-0.2, -0.15) is 0 Å². The molecule has 7 nitrogen and oxygen atoms in total. The molecule has 0 fully saturated rings. The molecular formula is C38H48N4O3. The Bertz CT molecular complexity index is 1530. The van der Waals surface area contributed by atoms with E-state index >= 15 is 0 Å². The number of methoxy groups -OCH3 is 1. The van der Waals surface area contributed by atoms with Gasteiger partial charge in [0.2, 0.25) is 5.91 Å². The molecule has 0 bridgehead atoms. The highest BCUT2D eigenvalue weighted by Crippen LogP contribution is 2.32. The number of nitrogens with one attached hydrogen (secondary N) is 1. The van der Waals surface area contributed by atoms with Gasteiger partial charge in [-0.25, -0.2) is 4.79 Å². The zero-order valence-corrected chi connectivity index (χ0v) is 27.8. The average Bonchev–Trinajstić information content (AvgIpc) is 3.45. The summed E-state index contributed by atoms with van der Waals surface area (Å²) >= 11 is 0. The number of hydrogen-bond acceptors (Lipinski definition) is 3. The number of para-hydroxylation sites is 1. The van der Waals surface area contributed by atoms with Crippen LogP contribution in [-0.2, 0) is 24.4 Å². The predicted octanol–water partition coefficient (Wildman–Crippen LogP) is 8.26. The number of aromatic nitrogens is 1. The molecule has 3 amide bonds. The third-order valence-corrected chi connectivity index (χ3v) is 8.13. The molecule has 0 spiro atoms. The van der Waals surface area contributed by atoms with Crippen LogP contribution in [0, 0.1) is 0 Å². The lowest BCUT2D eigenvalue weighted by molar-refractivity contribution is -0.133. The van der Waals surface area contributed by atoms with Crippen LogP contribution in [-0.4, -0.2) is 46.0 Å². The minimum absolute atomic E-state index is 0.0339. The fraction of sp³-hybridized carbons (Fsp3) is 0.368. The van der Waals surface area contributed by atoms with Gasteiger partial charge in [0.05, 0.1) is 13.7 Å². The molecule has 4 aromatic rings. The van der Waals surface area contributed by atoms with E-state index < -0.39 is 0 Å². The summed E-state index contributed by atoms with van der Waals surface area (Å²) in [6.07, 6.45) is 2.03. The van der Waals surface area contributed by atoms with Crippen LogP contribution in [0.1, 0.15) is 81.3 Å². The standard InChI is InChI=1S/C38H48N4O3/c1-27(2)34-19-12-20-35(28(3)4)37(34)39-38(44)42(29(5)6)26-36(43)41(23-30-14-9-8-10-15-30)25-32-17-13-21-40(32)24-31-16-11-18-33(22-31)45-7/h8-22,27-29H,23-26H2,1-7H3,(H,39,44). The summed E-state index contributed by atoms with van der Waals surface area (Å²) in [5.74, 6) is 1.18. The van der Waals surface area contributed by atoms with Crippen molar-refractivity contribution in [1.82, 2.24) is 14.4 Å². The Balaban J connectivity index is 1.58. The molecule has 0 aliphatic rings. The zero-order chi connectivity index (χ0) is 32.5. The third kappa shape index (κ3) is 8.78. The quantitative estimate of drug-likeness (QED) is 0.166.